The van der Waals surface area contributed by atoms with Gasteiger partial charge in [0, 0.05) is 43.9 Å². The molecule has 27 heavy (non-hydrogen) atoms. The van der Waals surface area contributed by atoms with Gasteiger partial charge in [0.05, 0.1) is 0 Å². The quantitative estimate of drug-likeness (QED) is 0.850. The lowest BCUT2D eigenvalue weighted by molar-refractivity contribution is -0.140. The van der Waals surface area contributed by atoms with Gasteiger partial charge < -0.3 is 19.8 Å². The van der Waals surface area contributed by atoms with E-state index in [1.54, 1.807) is 29.2 Å². The summed E-state index contributed by atoms with van der Waals surface area (Å²) < 4.78 is 0. The lowest BCUT2D eigenvalue weighted by atomic mass is 10.1. The summed E-state index contributed by atoms with van der Waals surface area (Å²) in [6.45, 7) is 3.37. The SMILES string of the molecule is CN(C)Cc1ccc(N2CCN(C(=O)C(O)c3ccc(Cl)cc3)CC2)nc1. The number of hydrogen-bond donors (Lipinski definition) is 1. The molecule has 1 saturated heterocycles. The van der Waals surface area contributed by atoms with Crippen LogP contribution in [0.4, 0.5) is 5.82 Å². The van der Waals surface area contributed by atoms with E-state index in [1.165, 1.54) is 5.56 Å². The van der Waals surface area contributed by atoms with E-state index in [0.717, 1.165) is 12.4 Å². The van der Waals surface area contributed by atoms with Crippen molar-refractivity contribution in [3.63, 3.8) is 0 Å². The van der Waals surface area contributed by atoms with Crippen LogP contribution >= 0.6 is 11.6 Å². The van der Waals surface area contributed by atoms with Crippen molar-refractivity contribution in [2.24, 2.45) is 0 Å². The van der Waals surface area contributed by atoms with Crippen molar-refractivity contribution in [3.05, 3.63) is 58.7 Å². The molecule has 1 amide bonds. The number of pyridine rings is 1. The molecule has 1 unspecified atom stereocenters. The molecule has 3 rings (SSSR count). The van der Waals surface area contributed by atoms with E-state index in [1.807, 2.05) is 26.4 Å². The minimum Gasteiger partial charge on any atom is -0.378 e. The zero-order chi connectivity index (χ0) is 19.4. The number of carbonyl (C=O) groups excluding carboxylic acids is 1. The fourth-order valence-electron chi connectivity index (χ4n) is 3.18. The molecular weight excluding hydrogens is 364 g/mol. The van der Waals surface area contributed by atoms with Crippen LogP contribution in [0.3, 0.4) is 0 Å². The highest BCUT2D eigenvalue weighted by Crippen LogP contribution is 2.20. The van der Waals surface area contributed by atoms with E-state index in [9.17, 15) is 9.90 Å². The van der Waals surface area contributed by atoms with Crippen LogP contribution in [0.15, 0.2) is 42.6 Å². The first kappa shape index (κ1) is 19.6. The Balaban J connectivity index is 1.56. The molecule has 2 heterocycles. The van der Waals surface area contributed by atoms with Gasteiger partial charge in [0.15, 0.2) is 6.10 Å². The second-order valence-corrected chi connectivity index (χ2v) is 7.47. The topological polar surface area (TPSA) is 59.9 Å². The van der Waals surface area contributed by atoms with Crippen molar-refractivity contribution in [1.82, 2.24) is 14.8 Å². The third-order valence-electron chi connectivity index (χ3n) is 4.64. The van der Waals surface area contributed by atoms with Crippen LogP contribution in [0, 0.1) is 0 Å². The Morgan fingerprint density at radius 3 is 2.37 bits per heavy atom. The summed E-state index contributed by atoms with van der Waals surface area (Å²) >= 11 is 5.86. The first-order valence-corrected chi connectivity index (χ1v) is 9.39. The second kappa shape index (κ2) is 8.69. The predicted molar refractivity (Wildman–Crippen MR) is 107 cm³/mol. The fourth-order valence-corrected chi connectivity index (χ4v) is 3.30. The third kappa shape index (κ3) is 4.97. The highest BCUT2D eigenvalue weighted by Gasteiger charge is 2.27. The average Bonchev–Trinajstić information content (AvgIpc) is 2.68. The van der Waals surface area contributed by atoms with Gasteiger partial charge in [0.1, 0.15) is 5.82 Å². The molecule has 1 aromatic heterocycles. The second-order valence-electron chi connectivity index (χ2n) is 7.03. The molecule has 0 spiro atoms. The Kier molecular flexibility index (Phi) is 6.31. The smallest absolute Gasteiger partial charge is 0.256 e. The molecule has 7 heteroatoms. The number of carbonyl (C=O) groups is 1. The molecule has 1 atom stereocenters. The maximum Gasteiger partial charge on any atom is 0.256 e. The van der Waals surface area contributed by atoms with Crippen molar-refractivity contribution < 1.29 is 9.90 Å². The highest BCUT2D eigenvalue weighted by atomic mass is 35.5. The van der Waals surface area contributed by atoms with Gasteiger partial charge in [-0.3, -0.25) is 4.79 Å². The number of rotatable bonds is 5. The predicted octanol–water partition coefficient (Wildman–Crippen LogP) is 2.18. The Morgan fingerprint density at radius 1 is 1.15 bits per heavy atom. The maximum atomic E-state index is 12.6. The van der Waals surface area contributed by atoms with Gasteiger partial charge in [-0.2, -0.15) is 0 Å². The van der Waals surface area contributed by atoms with Gasteiger partial charge in [-0.1, -0.05) is 29.8 Å². The van der Waals surface area contributed by atoms with Gasteiger partial charge in [-0.25, -0.2) is 4.98 Å². The van der Waals surface area contributed by atoms with Crippen molar-refractivity contribution in [1.29, 1.82) is 0 Å². The van der Waals surface area contributed by atoms with Gasteiger partial charge in [-0.15, -0.1) is 0 Å². The first-order chi connectivity index (χ1) is 12.9. The zero-order valence-corrected chi connectivity index (χ0v) is 16.4. The largest absolute Gasteiger partial charge is 0.378 e. The van der Waals surface area contributed by atoms with Crippen molar-refractivity contribution in [2.75, 3.05) is 45.2 Å². The maximum absolute atomic E-state index is 12.6. The number of aliphatic hydroxyl groups excluding tert-OH is 1. The van der Waals surface area contributed by atoms with E-state index in [2.05, 4.69) is 20.9 Å². The molecule has 1 aliphatic heterocycles. The monoisotopic (exact) mass is 388 g/mol. The number of aliphatic hydroxyl groups is 1. The molecule has 1 aromatic carbocycles. The third-order valence-corrected chi connectivity index (χ3v) is 4.89. The van der Waals surface area contributed by atoms with Crippen molar-refractivity contribution in [3.8, 4) is 0 Å². The summed E-state index contributed by atoms with van der Waals surface area (Å²) in [7, 11) is 4.06. The molecule has 1 aliphatic rings. The minimum absolute atomic E-state index is 0.272. The van der Waals surface area contributed by atoms with Gasteiger partial charge >= 0.3 is 0 Å². The van der Waals surface area contributed by atoms with E-state index in [-0.39, 0.29) is 5.91 Å². The lowest BCUT2D eigenvalue weighted by Gasteiger charge is -2.36. The lowest BCUT2D eigenvalue weighted by Crippen LogP contribution is -2.50. The summed E-state index contributed by atoms with van der Waals surface area (Å²) in [5, 5.41) is 10.9. The normalized spacial score (nSPS) is 15.9. The molecule has 0 radical (unpaired) electrons. The molecule has 0 aliphatic carbocycles. The van der Waals surface area contributed by atoms with Crippen LogP contribution in [0.2, 0.25) is 5.02 Å². The number of hydrogen-bond acceptors (Lipinski definition) is 5. The fraction of sp³-hybridized carbons (Fsp3) is 0.400. The van der Waals surface area contributed by atoms with Crippen LogP contribution in [-0.4, -0.2) is 66.1 Å². The van der Waals surface area contributed by atoms with E-state index in [4.69, 9.17) is 11.6 Å². The van der Waals surface area contributed by atoms with Gasteiger partial charge in [0.2, 0.25) is 0 Å². The Hall–Kier alpha value is -2.15. The van der Waals surface area contributed by atoms with Crippen molar-refractivity contribution >= 4 is 23.3 Å². The summed E-state index contributed by atoms with van der Waals surface area (Å²) in [5.41, 5.74) is 1.73. The first-order valence-electron chi connectivity index (χ1n) is 9.01. The van der Waals surface area contributed by atoms with Crippen LogP contribution in [0.5, 0.6) is 0 Å². The summed E-state index contributed by atoms with van der Waals surface area (Å²) in [6.07, 6.45) is 0.745. The number of aromatic nitrogens is 1. The molecule has 1 N–H and O–H groups in total. The van der Waals surface area contributed by atoms with Crippen LogP contribution < -0.4 is 4.90 Å². The molecular formula is C20H25ClN4O2. The summed E-state index contributed by atoms with van der Waals surface area (Å²) in [4.78, 5) is 23.1. The number of piperazine rings is 1. The average molecular weight is 389 g/mol. The number of anilines is 1. The standard InChI is InChI=1S/C20H25ClN4O2/c1-23(2)14-15-3-8-18(22-13-15)24-9-11-25(12-10-24)20(27)19(26)16-4-6-17(21)7-5-16/h3-8,13,19,26H,9-12,14H2,1-2H3. The Bertz CT molecular complexity index is 757. The number of halogens is 1. The van der Waals surface area contributed by atoms with Gasteiger partial charge in [0.25, 0.3) is 5.91 Å². The molecule has 6 nitrogen and oxygen atoms in total. The summed E-state index contributed by atoms with van der Waals surface area (Å²) in [6, 6.07) is 10.8. The van der Waals surface area contributed by atoms with Crippen LogP contribution in [-0.2, 0) is 11.3 Å². The number of benzene rings is 1. The minimum atomic E-state index is -1.16. The molecule has 0 saturated carbocycles. The van der Waals surface area contributed by atoms with E-state index >= 15 is 0 Å². The van der Waals surface area contributed by atoms with Crippen molar-refractivity contribution in [2.45, 2.75) is 12.6 Å². The Labute approximate surface area is 165 Å². The molecule has 144 valence electrons. The molecule has 1 fully saturated rings. The highest BCUT2D eigenvalue weighted by molar-refractivity contribution is 6.30. The van der Waals surface area contributed by atoms with Gasteiger partial charge in [-0.05, 0) is 43.4 Å². The zero-order valence-electron chi connectivity index (χ0n) is 15.7. The molecule has 0 bridgehead atoms. The molecule has 2 aromatic rings. The number of nitrogens with zero attached hydrogens (tertiary/aromatic N) is 4. The number of amides is 1. The van der Waals surface area contributed by atoms with Crippen LogP contribution in [0.25, 0.3) is 0 Å². The van der Waals surface area contributed by atoms with E-state index in [0.29, 0.717) is 36.8 Å². The van der Waals surface area contributed by atoms with Crippen LogP contribution in [0.1, 0.15) is 17.2 Å². The van der Waals surface area contributed by atoms with E-state index < -0.39 is 6.10 Å². The Morgan fingerprint density at radius 2 is 1.81 bits per heavy atom. The summed E-state index contributed by atoms with van der Waals surface area (Å²) in [5.74, 6) is 0.647.